The minimum atomic E-state index is -1.32. The van der Waals surface area contributed by atoms with E-state index < -0.39 is 23.3 Å². The van der Waals surface area contributed by atoms with Gasteiger partial charge in [0.15, 0.2) is 0 Å². The molecule has 4 heterocycles. The second-order valence-electron chi connectivity index (χ2n) is 8.90. The van der Waals surface area contributed by atoms with Crippen molar-refractivity contribution >= 4 is 33.6 Å². The number of fused-ring (bicyclic) bond motifs is 1. The lowest BCUT2D eigenvalue weighted by atomic mass is 9.91. The normalized spacial score (nSPS) is 25.0. The van der Waals surface area contributed by atoms with Gasteiger partial charge in [0.2, 0.25) is 5.91 Å². The molecule has 0 aliphatic carbocycles. The molecule has 2 aliphatic rings. The number of rotatable bonds is 2. The van der Waals surface area contributed by atoms with Gasteiger partial charge in [0.1, 0.15) is 22.1 Å². The first-order valence-corrected chi connectivity index (χ1v) is 10.9. The van der Waals surface area contributed by atoms with Crippen LogP contribution >= 0.6 is 11.3 Å². The lowest BCUT2D eigenvalue weighted by molar-refractivity contribution is -0.135. The van der Waals surface area contributed by atoms with E-state index in [1.807, 2.05) is 17.5 Å². The topological polar surface area (TPSA) is 83.0 Å². The summed E-state index contributed by atoms with van der Waals surface area (Å²) in [7, 11) is 0. The maximum Gasteiger partial charge on any atom is 0.411 e. The number of β-amino-alcohol motifs (C(OH)–C–C–N with tert-alkyl or cyclic N) is 1. The minimum Gasteiger partial charge on any atom is -0.444 e. The number of carbonyl (C=O) groups excluding carboxylic acids is 2. The predicted octanol–water partition coefficient (Wildman–Crippen LogP) is 3.12. The molecule has 0 spiro atoms. The zero-order valence-electron chi connectivity index (χ0n) is 17.1. The molecular formula is C21H27N3O4S. The number of aliphatic hydroxyl groups is 1. The molecule has 0 radical (unpaired) electrons. The molecule has 0 aromatic carbocycles. The third-order valence-electron chi connectivity index (χ3n) is 5.52. The van der Waals surface area contributed by atoms with E-state index >= 15 is 0 Å². The number of hydrogen-bond acceptors (Lipinski definition) is 6. The molecule has 2 aromatic rings. The second kappa shape index (κ2) is 7.25. The highest BCUT2D eigenvalue weighted by Crippen LogP contribution is 2.42. The number of thiophene rings is 1. The van der Waals surface area contributed by atoms with Crippen molar-refractivity contribution in [2.75, 3.05) is 19.6 Å². The van der Waals surface area contributed by atoms with Crippen molar-refractivity contribution in [2.24, 2.45) is 0 Å². The minimum absolute atomic E-state index is 0.0207. The monoisotopic (exact) mass is 417 g/mol. The lowest BCUT2D eigenvalue weighted by Crippen LogP contribution is -2.48. The summed E-state index contributed by atoms with van der Waals surface area (Å²) in [6.45, 7) is 6.79. The number of likely N-dealkylation sites (tertiary alicyclic amines) is 2. The van der Waals surface area contributed by atoms with E-state index in [2.05, 4.69) is 4.98 Å². The van der Waals surface area contributed by atoms with Crippen LogP contribution in [0.2, 0.25) is 0 Å². The summed E-state index contributed by atoms with van der Waals surface area (Å²) in [5, 5.41) is 14.3. The molecule has 1 N–H and O–H groups in total. The van der Waals surface area contributed by atoms with Gasteiger partial charge in [0.05, 0.1) is 6.54 Å². The van der Waals surface area contributed by atoms with Crippen LogP contribution in [-0.2, 0) is 15.1 Å². The van der Waals surface area contributed by atoms with Crippen molar-refractivity contribution < 1.29 is 19.4 Å². The van der Waals surface area contributed by atoms with Gasteiger partial charge >= 0.3 is 6.09 Å². The number of hydrogen-bond donors (Lipinski definition) is 1. The fourth-order valence-corrected chi connectivity index (χ4v) is 5.19. The fourth-order valence-electron chi connectivity index (χ4n) is 4.19. The molecule has 2 amide bonds. The molecule has 2 aromatic heterocycles. The Morgan fingerprint density at radius 3 is 2.72 bits per heavy atom. The van der Waals surface area contributed by atoms with Crippen LogP contribution in [0.15, 0.2) is 23.7 Å². The quantitative estimate of drug-likeness (QED) is 0.812. The summed E-state index contributed by atoms with van der Waals surface area (Å²) < 4.78 is 5.56. The largest absolute Gasteiger partial charge is 0.444 e. The van der Waals surface area contributed by atoms with Crippen LogP contribution < -0.4 is 0 Å². The van der Waals surface area contributed by atoms with Crippen LogP contribution in [0.1, 0.15) is 45.6 Å². The van der Waals surface area contributed by atoms with Gasteiger partial charge in [-0.15, -0.1) is 11.3 Å². The van der Waals surface area contributed by atoms with Gasteiger partial charge in [-0.1, -0.05) is 6.07 Å². The Hall–Kier alpha value is -2.19. The highest BCUT2D eigenvalue weighted by Gasteiger charge is 2.51. The van der Waals surface area contributed by atoms with E-state index in [1.54, 1.807) is 31.9 Å². The van der Waals surface area contributed by atoms with Crippen molar-refractivity contribution in [3.8, 4) is 0 Å². The average molecular weight is 418 g/mol. The van der Waals surface area contributed by atoms with Gasteiger partial charge in [-0.25, -0.2) is 9.78 Å². The van der Waals surface area contributed by atoms with E-state index in [0.29, 0.717) is 13.1 Å². The molecular weight excluding hydrogens is 390 g/mol. The Balaban J connectivity index is 1.68. The molecule has 0 bridgehead atoms. The number of amides is 2. The third-order valence-corrected chi connectivity index (χ3v) is 6.42. The molecule has 4 rings (SSSR count). The summed E-state index contributed by atoms with van der Waals surface area (Å²) in [6, 6.07) is 3.01. The maximum atomic E-state index is 13.2. The summed E-state index contributed by atoms with van der Waals surface area (Å²) >= 11 is 1.45. The zero-order chi connectivity index (χ0) is 20.8. The molecule has 29 heavy (non-hydrogen) atoms. The average Bonchev–Trinajstić information content (AvgIpc) is 3.38. The van der Waals surface area contributed by atoms with E-state index in [-0.39, 0.29) is 18.9 Å². The van der Waals surface area contributed by atoms with Crippen molar-refractivity contribution in [1.29, 1.82) is 0 Å². The lowest BCUT2D eigenvalue weighted by Gasteiger charge is -2.30. The van der Waals surface area contributed by atoms with Gasteiger partial charge in [-0.05, 0) is 45.1 Å². The van der Waals surface area contributed by atoms with Crippen molar-refractivity contribution in [3.63, 3.8) is 0 Å². The Kier molecular flexibility index (Phi) is 5.02. The van der Waals surface area contributed by atoms with E-state index in [9.17, 15) is 14.7 Å². The molecule has 2 unspecified atom stereocenters. The second-order valence-corrected chi connectivity index (χ2v) is 9.76. The Morgan fingerprint density at radius 2 is 2.03 bits per heavy atom. The summed E-state index contributed by atoms with van der Waals surface area (Å²) in [4.78, 5) is 34.5. The van der Waals surface area contributed by atoms with Crippen molar-refractivity contribution in [3.05, 3.63) is 29.3 Å². The molecule has 8 heteroatoms. The number of ether oxygens (including phenoxy) is 1. The Morgan fingerprint density at radius 1 is 1.31 bits per heavy atom. The summed E-state index contributed by atoms with van der Waals surface area (Å²) in [6.07, 6.45) is 3.24. The van der Waals surface area contributed by atoms with Gasteiger partial charge in [0.25, 0.3) is 0 Å². The molecule has 2 saturated heterocycles. The van der Waals surface area contributed by atoms with E-state index in [0.717, 1.165) is 28.6 Å². The number of carbonyl (C=O) groups is 2. The number of nitrogens with zero attached hydrogens (tertiary/aromatic N) is 3. The molecule has 2 aliphatic heterocycles. The standard InChI is InChI=1S/C21H27N3O4S/c1-20(2,3)28-19(26)24-13-21(27,11-16(24)18(25)23-9-4-5-10-23)15-12-29-17-14(15)7-6-8-22-17/h6-8,12,16,27H,4-5,9-11,13H2,1-3H3. The summed E-state index contributed by atoms with van der Waals surface area (Å²) in [5.74, 6) is -0.109. The first kappa shape index (κ1) is 20.1. The van der Waals surface area contributed by atoms with Gasteiger partial charge in [-0.2, -0.15) is 0 Å². The van der Waals surface area contributed by atoms with E-state index in [1.165, 1.54) is 16.2 Å². The van der Waals surface area contributed by atoms with Gasteiger partial charge in [-0.3, -0.25) is 9.69 Å². The molecule has 156 valence electrons. The first-order chi connectivity index (χ1) is 13.7. The van der Waals surface area contributed by atoms with Crippen LogP contribution in [-0.4, -0.2) is 63.2 Å². The number of pyridine rings is 1. The summed E-state index contributed by atoms with van der Waals surface area (Å²) in [5.41, 5.74) is -1.29. The Bertz CT molecular complexity index is 931. The van der Waals surface area contributed by atoms with Crippen LogP contribution in [0.4, 0.5) is 4.79 Å². The fraction of sp³-hybridized carbons (Fsp3) is 0.571. The van der Waals surface area contributed by atoms with Gasteiger partial charge < -0.3 is 14.7 Å². The SMILES string of the molecule is CC(C)(C)OC(=O)N1CC(O)(c2csc3ncccc23)CC1C(=O)N1CCCC1. The molecule has 2 fully saturated rings. The predicted molar refractivity (Wildman–Crippen MR) is 111 cm³/mol. The number of aromatic nitrogens is 1. The highest BCUT2D eigenvalue weighted by atomic mass is 32.1. The molecule has 0 saturated carbocycles. The maximum absolute atomic E-state index is 13.2. The van der Waals surface area contributed by atoms with Crippen LogP contribution in [0.3, 0.4) is 0 Å². The van der Waals surface area contributed by atoms with Crippen molar-refractivity contribution in [1.82, 2.24) is 14.8 Å². The first-order valence-electron chi connectivity index (χ1n) is 10.0. The Labute approximate surface area is 174 Å². The third kappa shape index (κ3) is 3.83. The van der Waals surface area contributed by atoms with Crippen LogP contribution in [0.5, 0.6) is 0 Å². The molecule has 2 atom stereocenters. The smallest absolute Gasteiger partial charge is 0.411 e. The van der Waals surface area contributed by atoms with Crippen LogP contribution in [0, 0.1) is 0 Å². The highest BCUT2D eigenvalue weighted by molar-refractivity contribution is 7.16. The zero-order valence-corrected chi connectivity index (χ0v) is 17.9. The van der Waals surface area contributed by atoms with E-state index in [4.69, 9.17) is 4.74 Å². The van der Waals surface area contributed by atoms with Gasteiger partial charge in [0, 0.05) is 36.7 Å². The molecule has 7 nitrogen and oxygen atoms in total. The van der Waals surface area contributed by atoms with Crippen LogP contribution in [0.25, 0.3) is 10.2 Å². The van der Waals surface area contributed by atoms with Crippen molar-refractivity contribution in [2.45, 2.75) is 57.3 Å².